The quantitative estimate of drug-likeness (QED) is 0.420. The number of halogens is 5. The van der Waals surface area contributed by atoms with E-state index in [-0.39, 0.29) is 27.7 Å². The van der Waals surface area contributed by atoms with Crippen molar-refractivity contribution >= 4 is 40.8 Å². The monoisotopic (exact) mass is 500 g/mol. The first-order chi connectivity index (χ1) is 15.5. The number of hydrogen-bond donors (Lipinski definition) is 2. The number of amides is 1. The zero-order chi connectivity index (χ0) is 24.3. The van der Waals surface area contributed by atoms with Crippen molar-refractivity contribution in [2.45, 2.75) is 6.18 Å². The fraction of sp³-hybridized carbons (Fsp3) is 0.0952. The zero-order valence-electron chi connectivity index (χ0n) is 16.5. The molecule has 0 aliphatic rings. The van der Waals surface area contributed by atoms with Crippen LogP contribution in [-0.4, -0.2) is 29.1 Å². The number of ether oxygens (including phenoxy) is 2. The Bertz CT molecular complexity index is 1220. The molecule has 0 saturated carbocycles. The Hall–Kier alpha value is -3.50. The first-order valence-corrected chi connectivity index (χ1v) is 9.68. The van der Waals surface area contributed by atoms with E-state index < -0.39 is 34.4 Å². The summed E-state index contributed by atoms with van der Waals surface area (Å²) >= 11 is 11.9. The predicted molar refractivity (Wildman–Crippen MR) is 114 cm³/mol. The predicted octanol–water partition coefficient (Wildman–Crippen LogP) is 6.16. The second-order valence-corrected chi connectivity index (χ2v) is 7.23. The topological polar surface area (TPSA) is 97.8 Å². The van der Waals surface area contributed by atoms with Gasteiger partial charge in [-0.05, 0) is 36.4 Å². The lowest BCUT2D eigenvalue weighted by Gasteiger charge is -2.17. The van der Waals surface area contributed by atoms with E-state index in [4.69, 9.17) is 37.8 Å². The van der Waals surface area contributed by atoms with Crippen LogP contribution in [-0.2, 0) is 6.18 Å². The zero-order valence-corrected chi connectivity index (χ0v) is 18.0. The fourth-order valence-corrected chi connectivity index (χ4v) is 3.11. The number of carbonyl (C=O) groups excluding carboxylic acids is 1. The van der Waals surface area contributed by atoms with E-state index in [0.717, 1.165) is 18.3 Å². The smallest absolute Gasteiger partial charge is 0.417 e. The van der Waals surface area contributed by atoms with Crippen LogP contribution in [0.25, 0.3) is 0 Å². The number of rotatable bonds is 6. The Kier molecular flexibility index (Phi) is 6.99. The summed E-state index contributed by atoms with van der Waals surface area (Å²) in [4.78, 5) is 27.4. The Morgan fingerprint density at radius 1 is 1.03 bits per heavy atom. The fourth-order valence-electron chi connectivity index (χ4n) is 2.64. The van der Waals surface area contributed by atoms with Gasteiger partial charge in [-0.25, -0.2) is 9.78 Å². The molecule has 1 aromatic heterocycles. The number of aromatic carboxylic acids is 1. The van der Waals surface area contributed by atoms with Crippen LogP contribution in [0, 0.1) is 0 Å². The van der Waals surface area contributed by atoms with Gasteiger partial charge in [0.25, 0.3) is 5.91 Å². The van der Waals surface area contributed by atoms with Crippen LogP contribution in [0.2, 0.25) is 10.0 Å². The minimum Gasteiger partial charge on any atom is -0.497 e. The van der Waals surface area contributed by atoms with E-state index >= 15 is 0 Å². The number of carboxylic acid groups (broad SMARTS) is 1. The third-order valence-corrected chi connectivity index (χ3v) is 4.83. The summed E-state index contributed by atoms with van der Waals surface area (Å²) in [5, 5.41) is 10.6. The average molecular weight is 501 g/mol. The Labute approximate surface area is 194 Å². The Morgan fingerprint density at radius 2 is 1.76 bits per heavy atom. The lowest BCUT2D eigenvalue weighted by molar-refractivity contribution is -0.137. The molecule has 2 N–H and O–H groups in total. The number of benzene rings is 2. The molecule has 0 aliphatic heterocycles. The van der Waals surface area contributed by atoms with Gasteiger partial charge in [0.05, 0.1) is 40.2 Å². The molecule has 0 bridgehead atoms. The van der Waals surface area contributed by atoms with E-state index in [1.54, 1.807) is 0 Å². The molecule has 0 unspecified atom stereocenters. The van der Waals surface area contributed by atoms with Gasteiger partial charge in [-0.3, -0.25) is 4.79 Å². The molecule has 0 spiro atoms. The molecule has 172 valence electrons. The van der Waals surface area contributed by atoms with Crippen molar-refractivity contribution < 1.29 is 37.3 Å². The number of methoxy groups -OCH3 is 1. The Balaban J connectivity index is 2.01. The van der Waals surface area contributed by atoms with Crippen molar-refractivity contribution in [3.8, 4) is 17.2 Å². The average Bonchev–Trinajstić information content (AvgIpc) is 2.75. The van der Waals surface area contributed by atoms with Crippen LogP contribution < -0.4 is 14.8 Å². The van der Waals surface area contributed by atoms with E-state index in [0.29, 0.717) is 11.8 Å². The third kappa shape index (κ3) is 5.65. The summed E-state index contributed by atoms with van der Waals surface area (Å²) in [5.41, 5.74) is -1.71. The van der Waals surface area contributed by atoms with Crippen LogP contribution in [0.15, 0.2) is 48.7 Å². The van der Waals surface area contributed by atoms with Crippen molar-refractivity contribution in [3.05, 3.63) is 75.5 Å². The highest BCUT2D eigenvalue weighted by atomic mass is 35.5. The molecule has 12 heteroatoms. The molecule has 0 aliphatic carbocycles. The van der Waals surface area contributed by atoms with Gasteiger partial charge in [0.1, 0.15) is 22.9 Å². The summed E-state index contributed by atoms with van der Waals surface area (Å²) in [6, 6.07) is 8.02. The van der Waals surface area contributed by atoms with Crippen LogP contribution in [0.1, 0.15) is 26.4 Å². The van der Waals surface area contributed by atoms with Crippen molar-refractivity contribution in [1.82, 2.24) is 4.98 Å². The molecule has 0 radical (unpaired) electrons. The summed E-state index contributed by atoms with van der Waals surface area (Å²) < 4.78 is 50.7. The maximum atomic E-state index is 13.4. The maximum Gasteiger partial charge on any atom is 0.417 e. The van der Waals surface area contributed by atoms with E-state index in [1.807, 2.05) is 0 Å². The Morgan fingerprint density at radius 3 is 2.30 bits per heavy atom. The lowest BCUT2D eigenvalue weighted by atomic mass is 10.1. The first-order valence-electron chi connectivity index (χ1n) is 8.92. The minimum absolute atomic E-state index is 0.0256. The van der Waals surface area contributed by atoms with E-state index in [2.05, 4.69) is 10.3 Å². The molecule has 1 heterocycles. The second-order valence-electron chi connectivity index (χ2n) is 6.42. The van der Waals surface area contributed by atoms with Gasteiger partial charge in [-0.2, -0.15) is 13.2 Å². The molecule has 7 nitrogen and oxygen atoms in total. The number of aromatic nitrogens is 1. The van der Waals surface area contributed by atoms with E-state index in [1.165, 1.54) is 31.4 Å². The molecule has 0 atom stereocenters. The molecule has 3 rings (SSSR count). The number of alkyl halides is 3. The minimum atomic E-state index is -4.81. The molecule has 3 aromatic rings. The van der Waals surface area contributed by atoms with Gasteiger partial charge in [0, 0.05) is 6.07 Å². The highest BCUT2D eigenvalue weighted by Crippen LogP contribution is 2.41. The molecule has 0 saturated heterocycles. The second kappa shape index (κ2) is 9.55. The van der Waals surface area contributed by atoms with E-state index in [9.17, 15) is 22.8 Å². The van der Waals surface area contributed by atoms with Gasteiger partial charge < -0.3 is 19.9 Å². The number of pyridine rings is 1. The summed E-state index contributed by atoms with van der Waals surface area (Å²) in [5.74, 6) is -2.26. The molecular weight excluding hydrogens is 488 g/mol. The standard InChI is InChI=1S/C21H13Cl2F3N2O5/c1-32-11-3-5-17(15(23)6-11)33-18-8-13(21(24,25)26)14(22)7-12(18)19(29)28-10-2-4-16(20(30)31)27-9-10/h2-9H,1H3,(H,28,29)(H,30,31). The van der Waals surface area contributed by atoms with Crippen LogP contribution in [0.4, 0.5) is 18.9 Å². The molecule has 0 fully saturated rings. The van der Waals surface area contributed by atoms with Crippen molar-refractivity contribution in [2.24, 2.45) is 0 Å². The van der Waals surface area contributed by atoms with Crippen LogP contribution >= 0.6 is 23.2 Å². The van der Waals surface area contributed by atoms with Crippen molar-refractivity contribution in [1.29, 1.82) is 0 Å². The first kappa shape index (κ1) is 24.1. The van der Waals surface area contributed by atoms with Crippen LogP contribution in [0.5, 0.6) is 17.2 Å². The number of hydrogen-bond acceptors (Lipinski definition) is 5. The number of nitrogens with zero attached hydrogens (tertiary/aromatic N) is 1. The van der Waals surface area contributed by atoms with Gasteiger partial charge in [-0.1, -0.05) is 23.2 Å². The molecular formula is C21H13Cl2F3N2O5. The lowest BCUT2D eigenvalue weighted by Crippen LogP contribution is -2.15. The maximum absolute atomic E-state index is 13.4. The number of anilines is 1. The summed E-state index contributed by atoms with van der Waals surface area (Å²) in [6.07, 6.45) is -3.74. The van der Waals surface area contributed by atoms with Gasteiger partial charge in [0.15, 0.2) is 0 Å². The normalized spacial score (nSPS) is 11.1. The summed E-state index contributed by atoms with van der Waals surface area (Å²) in [6.45, 7) is 0. The van der Waals surface area contributed by atoms with Gasteiger partial charge in [-0.15, -0.1) is 0 Å². The van der Waals surface area contributed by atoms with Gasteiger partial charge >= 0.3 is 12.1 Å². The van der Waals surface area contributed by atoms with Crippen molar-refractivity contribution in [2.75, 3.05) is 12.4 Å². The highest BCUT2D eigenvalue weighted by Gasteiger charge is 2.35. The molecule has 33 heavy (non-hydrogen) atoms. The van der Waals surface area contributed by atoms with Crippen LogP contribution in [0.3, 0.4) is 0 Å². The number of carbonyl (C=O) groups is 2. The highest BCUT2D eigenvalue weighted by molar-refractivity contribution is 6.32. The molecule has 1 amide bonds. The molecule has 2 aromatic carbocycles. The number of nitrogens with one attached hydrogen (secondary N) is 1. The van der Waals surface area contributed by atoms with Gasteiger partial charge in [0.2, 0.25) is 0 Å². The third-order valence-electron chi connectivity index (χ3n) is 4.22. The van der Waals surface area contributed by atoms with Crippen molar-refractivity contribution in [3.63, 3.8) is 0 Å². The number of carboxylic acids is 1. The summed E-state index contributed by atoms with van der Waals surface area (Å²) in [7, 11) is 1.40. The largest absolute Gasteiger partial charge is 0.497 e. The SMILES string of the molecule is COc1ccc(Oc2cc(C(F)(F)F)c(Cl)cc2C(=O)Nc2ccc(C(=O)O)nc2)c(Cl)c1.